The fourth-order valence-electron chi connectivity index (χ4n) is 2.51. The van der Waals surface area contributed by atoms with Crippen LogP contribution in [-0.4, -0.2) is 41.9 Å². The number of carbonyl (C=O) groups is 3. The first-order valence-electron chi connectivity index (χ1n) is 6.86. The summed E-state index contributed by atoms with van der Waals surface area (Å²) in [6.07, 6.45) is 1.12. The Labute approximate surface area is 122 Å². The Morgan fingerprint density at radius 3 is 2.76 bits per heavy atom. The van der Waals surface area contributed by atoms with E-state index >= 15 is 0 Å². The van der Waals surface area contributed by atoms with Crippen molar-refractivity contribution < 1.29 is 19.5 Å². The number of amides is 1. The molecule has 1 amide bonds. The van der Waals surface area contributed by atoms with Crippen LogP contribution in [0, 0.1) is 0 Å². The number of benzene rings is 1. The van der Waals surface area contributed by atoms with E-state index in [1.165, 1.54) is 6.92 Å². The van der Waals surface area contributed by atoms with E-state index in [4.69, 9.17) is 0 Å². The molecule has 0 fully saturated rings. The van der Waals surface area contributed by atoms with E-state index < -0.39 is 12.0 Å². The highest BCUT2D eigenvalue weighted by Gasteiger charge is 2.26. The second-order valence-corrected chi connectivity index (χ2v) is 5.08. The molecule has 1 aromatic rings. The molecular formula is C15H18N2O4. The number of hydrogen-bond donors (Lipinski definition) is 2. The van der Waals surface area contributed by atoms with Gasteiger partial charge in [0, 0.05) is 37.7 Å². The van der Waals surface area contributed by atoms with Crippen molar-refractivity contribution in [1.29, 1.82) is 0 Å². The highest BCUT2D eigenvalue weighted by atomic mass is 16.4. The van der Waals surface area contributed by atoms with Gasteiger partial charge in [0.05, 0.1) is 0 Å². The van der Waals surface area contributed by atoms with Gasteiger partial charge in [-0.05, 0) is 18.6 Å². The van der Waals surface area contributed by atoms with Crippen molar-refractivity contribution in [2.75, 3.05) is 18.0 Å². The maximum atomic E-state index is 12.0. The van der Waals surface area contributed by atoms with Gasteiger partial charge >= 0.3 is 5.97 Å². The summed E-state index contributed by atoms with van der Waals surface area (Å²) in [7, 11) is 0. The van der Waals surface area contributed by atoms with E-state index in [2.05, 4.69) is 5.32 Å². The summed E-state index contributed by atoms with van der Waals surface area (Å²) in [4.78, 5) is 36.3. The predicted octanol–water partition coefficient (Wildman–Crippen LogP) is 1.06. The monoisotopic (exact) mass is 290 g/mol. The van der Waals surface area contributed by atoms with Gasteiger partial charge in [0.2, 0.25) is 5.91 Å². The molecule has 1 aromatic carbocycles. The summed E-state index contributed by atoms with van der Waals surface area (Å²) in [6, 6.07) is 6.18. The van der Waals surface area contributed by atoms with E-state index in [1.54, 1.807) is 12.1 Å². The summed E-state index contributed by atoms with van der Waals surface area (Å²) < 4.78 is 0. The van der Waals surface area contributed by atoms with Crippen molar-refractivity contribution in [2.24, 2.45) is 0 Å². The van der Waals surface area contributed by atoms with Crippen molar-refractivity contribution in [1.82, 2.24) is 5.32 Å². The fraction of sp³-hybridized carbons (Fsp3) is 0.400. The molecule has 0 aromatic heterocycles. The van der Waals surface area contributed by atoms with E-state index in [9.17, 15) is 19.5 Å². The Bertz CT molecular complexity index is 571. The molecule has 0 bridgehead atoms. The summed E-state index contributed by atoms with van der Waals surface area (Å²) >= 11 is 0. The predicted molar refractivity (Wildman–Crippen MR) is 77.5 cm³/mol. The summed E-state index contributed by atoms with van der Waals surface area (Å²) in [5.74, 6) is -1.40. The van der Waals surface area contributed by atoms with Crippen LogP contribution in [0.2, 0.25) is 0 Å². The fourth-order valence-corrected chi connectivity index (χ4v) is 2.51. The van der Waals surface area contributed by atoms with Gasteiger partial charge in [0.15, 0.2) is 5.78 Å². The lowest BCUT2D eigenvalue weighted by atomic mass is 10.1. The minimum absolute atomic E-state index is 0.0690. The van der Waals surface area contributed by atoms with Gasteiger partial charge in [-0.15, -0.1) is 0 Å². The van der Waals surface area contributed by atoms with Crippen LogP contribution in [0.3, 0.4) is 0 Å². The molecule has 0 saturated heterocycles. The third-order valence-corrected chi connectivity index (χ3v) is 3.46. The number of nitrogens with zero attached hydrogens (tertiary/aromatic N) is 1. The maximum absolute atomic E-state index is 12.0. The Hall–Kier alpha value is -2.37. The lowest BCUT2D eigenvalue weighted by molar-refractivity contribution is -0.141. The molecule has 0 spiro atoms. The van der Waals surface area contributed by atoms with Gasteiger partial charge in [0.25, 0.3) is 0 Å². The standard InChI is InChI=1S/C15H18N2O4/c1-10(18)16-12(15(20)21)9-17-8-4-7-14(19)11-5-2-3-6-13(11)17/h2-3,5-6,12H,4,7-9H2,1H3,(H,16,18)(H,20,21). The van der Waals surface area contributed by atoms with Gasteiger partial charge < -0.3 is 15.3 Å². The van der Waals surface area contributed by atoms with Crippen LogP contribution in [0.5, 0.6) is 0 Å². The number of hydrogen-bond acceptors (Lipinski definition) is 4. The number of para-hydroxylation sites is 1. The van der Waals surface area contributed by atoms with Crippen molar-refractivity contribution in [3.8, 4) is 0 Å². The quantitative estimate of drug-likeness (QED) is 0.866. The van der Waals surface area contributed by atoms with E-state index in [0.29, 0.717) is 24.9 Å². The Kier molecular flexibility index (Phi) is 4.57. The van der Waals surface area contributed by atoms with Crippen molar-refractivity contribution in [3.05, 3.63) is 29.8 Å². The smallest absolute Gasteiger partial charge is 0.328 e. The summed E-state index contributed by atoms with van der Waals surface area (Å²) in [5, 5.41) is 11.6. The first-order chi connectivity index (χ1) is 9.99. The average Bonchev–Trinajstić information content (AvgIpc) is 2.58. The lowest BCUT2D eigenvalue weighted by Crippen LogP contribution is -2.48. The molecule has 6 nitrogen and oxygen atoms in total. The zero-order chi connectivity index (χ0) is 15.4. The topological polar surface area (TPSA) is 86.7 Å². The van der Waals surface area contributed by atoms with Crippen LogP contribution < -0.4 is 10.2 Å². The average molecular weight is 290 g/mol. The molecule has 0 radical (unpaired) electrons. The van der Waals surface area contributed by atoms with Crippen molar-refractivity contribution >= 4 is 23.3 Å². The van der Waals surface area contributed by atoms with Crippen LogP contribution in [-0.2, 0) is 9.59 Å². The number of fused-ring (bicyclic) bond motifs is 1. The normalized spacial score (nSPS) is 15.9. The molecule has 6 heteroatoms. The zero-order valence-corrected chi connectivity index (χ0v) is 11.8. The number of rotatable bonds is 4. The SMILES string of the molecule is CC(=O)NC(CN1CCCC(=O)c2ccccc21)C(=O)O. The molecule has 1 heterocycles. The highest BCUT2D eigenvalue weighted by Crippen LogP contribution is 2.26. The van der Waals surface area contributed by atoms with Crippen LogP contribution in [0.15, 0.2) is 24.3 Å². The molecular weight excluding hydrogens is 272 g/mol. The zero-order valence-electron chi connectivity index (χ0n) is 11.8. The van der Waals surface area contributed by atoms with Crippen molar-refractivity contribution in [3.63, 3.8) is 0 Å². The first-order valence-corrected chi connectivity index (χ1v) is 6.86. The second kappa shape index (κ2) is 6.39. The second-order valence-electron chi connectivity index (χ2n) is 5.08. The molecule has 112 valence electrons. The van der Waals surface area contributed by atoms with Gasteiger partial charge in [-0.3, -0.25) is 9.59 Å². The number of anilines is 1. The number of ketones is 1. The molecule has 2 N–H and O–H groups in total. The number of carbonyl (C=O) groups excluding carboxylic acids is 2. The lowest BCUT2D eigenvalue weighted by Gasteiger charge is -2.27. The third kappa shape index (κ3) is 3.59. The van der Waals surface area contributed by atoms with Gasteiger partial charge in [-0.25, -0.2) is 4.79 Å². The summed E-state index contributed by atoms with van der Waals surface area (Å²) in [5.41, 5.74) is 1.35. The number of carboxylic acids is 1. The molecule has 1 unspecified atom stereocenters. The number of aliphatic carboxylic acids is 1. The van der Waals surface area contributed by atoms with E-state index in [0.717, 1.165) is 5.69 Å². The number of carboxylic acid groups (broad SMARTS) is 1. The van der Waals surface area contributed by atoms with Gasteiger partial charge in [-0.2, -0.15) is 0 Å². The van der Waals surface area contributed by atoms with E-state index in [1.807, 2.05) is 17.0 Å². The minimum Gasteiger partial charge on any atom is -0.480 e. The molecule has 21 heavy (non-hydrogen) atoms. The van der Waals surface area contributed by atoms with Crippen molar-refractivity contribution in [2.45, 2.75) is 25.8 Å². The molecule has 0 aliphatic carbocycles. The van der Waals surface area contributed by atoms with E-state index in [-0.39, 0.29) is 18.2 Å². The van der Waals surface area contributed by atoms with Crippen LogP contribution >= 0.6 is 0 Å². The Morgan fingerprint density at radius 1 is 1.38 bits per heavy atom. The maximum Gasteiger partial charge on any atom is 0.328 e. The van der Waals surface area contributed by atoms with Crippen LogP contribution in [0.25, 0.3) is 0 Å². The molecule has 2 rings (SSSR count). The number of nitrogens with one attached hydrogen (secondary N) is 1. The third-order valence-electron chi connectivity index (χ3n) is 3.46. The Balaban J connectivity index is 2.26. The molecule has 1 aliphatic heterocycles. The van der Waals surface area contributed by atoms with Gasteiger partial charge in [0.1, 0.15) is 6.04 Å². The van der Waals surface area contributed by atoms with Gasteiger partial charge in [-0.1, -0.05) is 12.1 Å². The molecule has 0 saturated carbocycles. The molecule has 1 aliphatic rings. The Morgan fingerprint density at radius 2 is 2.10 bits per heavy atom. The van der Waals surface area contributed by atoms with Crippen LogP contribution in [0.1, 0.15) is 30.1 Å². The minimum atomic E-state index is -1.08. The number of Topliss-reactive ketones (excluding diaryl/α,β-unsaturated/α-hetero) is 1. The van der Waals surface area contributed by atoms with Crippen LogP contribution in [0.4, 0.5) is 5.69 Å². The highest BCUT2D eigenvalue weighted by molar-refractivity contribution is 6.02. The molecule has 1 atom stereocenters. The summed E-state index contributed by atoms with van der Waals surface area (Å²) in [6.45, 7) is 2.02. The largest absolute Gasteiger partial charge is 0.480 e. The first kappa shape index (κ1) is 15.0.